The van der Waals surface area contributed by atoms with Crippen LogP contribution in [0.1, 0.15) is 12.1 Å². The van der Waals surface area contributed by atoms with E-state index in [2.05, 4.69) is 10.0 Å². The molecular weight excluding hydrogens is 294 g/mol. The van der Waals surface area contributed by atoms with Crippen molar-refractivity contribution in [2.75, 3.05) is 33.9 Å². The van der Waals surface area contributed by atoms with Crippen molar-refractivity contribution in [3.8, 4) is 0 Å². The molecule has 2 heterocycles. The molecule has 0 spiro atoms. The second-order valence-electron chi connectivity index (χ2n) is 5.32. The van der Waals surface area contributed by atoms with Crippen LogP contribution in [-0.2, 0) is 33.1 Å². The number of aromatic nitrogens is 1. The number of hydrogen-bond acceptors (Lipinski definition) is 5. The summed E-state index contributed by atoms with van der Waals surface area (Å²) in [5.41, 5.74) is 0.346. The van der Waals surface area contributed by atoms with Gasteiger partial charge in [-0.1, -0.05) is 0 Å². The van der Waals surface area contributed by atoms with E-state index in [1.807, 2.05) is 14.1 Å². The highest BCUT2D eigenvalue weighted by Gasteiger charge is 2.36. The summed E-state index contributed by atoms with van der Waals surface area (Å²) in [5, 5.41) is 3.01. The van der Waals surface area contributed by atoms with Gasteiger partial charge in [0.05, 0.1) is 11.5 Å². The maximum atomic E-state index is 12.4. The molecule has 1 atom stereocenters. The molecule has 1 saturated heterocycles. The van der Waals surface area contributed by atoms with Crippen LogP contribution in [0.3, 0.4) is 0 Å². The van der Waals surface area contributed by atoms with Crippen LogP contribution < -0.4 is 10.0 Å². The van der Waals surface area contributed by atoms with Gasteiger partial charge < -0.3 is 19.4 Å². The molecule has 1 aliphatic heterocycles. The van der Waals surface area contributed by atoms with Gasteiger partial charge in [-0.3, -0.25) is 0 Å². The summed E-state index contributed by atoms with van der Waals surface area (Å²) in [7, 11) is 1.68. The smallest absolute Gasteiger partial charge is 0.242 e. The Balaban J connectivity index is 2.09. The second-order valence-corrected chi connectivity index (χ2v) is 7.09. The lowest BCUT2D eigenvalue weighted by Gasteiger charge is -2.25. The molecule has 8 heteroatoms. The molecule has 1 unspecified atom stereocenters. The van der Waals surface area contributed by atoms with Crippen molar-refractivity contribution in [2.24, 2.45) is 7.05 Å². The summed E-state index contributed by atoms with van der Waals surface area (Å²) in [6.45, 7) is 1.82. The second kappa shape index (κ2) is 6.45. The lowest BCUT2D eigenvalue weighted by atomic mass is 10.0. The van der Waals surface area contributed by atoms with E-state index in [9.17, 15) is 8.42 Å². The summed E-state index contributed by atoms with van der Waals surface area (Å²) in [5.74, 6) is 0. The number of aryl methyl sites for hydroxylation is 1. The lowest BCUT2D eigenvalue weighted by molar-refractivity contribution is -0.0120. The molecule has 0 radical (unpaired) electrons. The Morgan fingerprint density at radius 1 is 1.52 bits per heavy atom. The quantitative estimate of drug-likeness (QED) is 0.730. The van der Waals surface area contributed by atoms with Crippen LogP contribution in [0, 0.1) is 0 Å². The van der Waals surface area contributed by atoms with Crippen molar-refractivity contribution in [1.29, 1.82) is 0 Å². The summed E-state index contributed by atoms with van der Waals surface area (Å²) < 4.78 is 39.9. The number of methoxy groups -OCH3 is 1. The zero-order valence-corrected chi connectivity index (χ0v) is 13.5. The Kier molecular flexibility index (Phi) is 5.05. The van der Waals surface area contributed by atoms with Crippen molar-refractivity contribution in [2.45, 2.75) is 23.5 Å². The molecule has 0 amide bonds. The Bertz CT molecular complexity index is 576. The number of nitrogens with one attached hydrogen (secondary N) is 2. The molecule has 0 aromatic carbocycles. The van der Waals surface area contributed by atoms with Crippen molar-refractivity contribution in [3.05, 3.63) is 18.0 Å². The van der Waals surface area contributed by atoms with E-state index in [4.69, 9.17) is 9.47 Å². The largest absolute Gasteiger partial charge is 0.378 e. The van der Waals surface area contributed by atoms with Gasteiger partial charge in [-0.15, -0.1) is 0 Å². The topological polar surface area (TPSA) is 81.6 Å². The van der Waals surface area contributed by atoms with Crippen LogP contribution in [0.2, 0.25) is 0 Å². The fourth-order valence-corrected chi connectivity index (χ4v) is 3.56. The average Bonchev–Trinajstić information content (AvgIpc) is 3.06. The molecular formula is C13H23N3O4S. The predicted molar refractivity (Wildman–Crippen MR) is 78.5 cm³/mol. The van der Waals surface area contributed by atoms with Crippen LogP contribution in [0.25, 0.3) is 0 Å². The first-order chi connectivity index (χ1) is 9.92. The highest BCUT2D eigenvalue weighted by molar-refractivity contribution is 7.89. The Morgan fingerprint density at radius 3 is 2.86 bits per heavy atom. The normalized spacial score (nSPS) is 22.8. The van der Waals surface area contributed by atoms with Crippen LogP contribution in [0.5, 0.6) is 0 Å². The van der Waals surface area contributed by atoms with E-state index in [0.29, 0.717) is 26.2 Å². The molecule has 1 fully saturated rings. The van der Waals surface area contributed by atoms with Gasteiger partial charge in [-0.25, -0.2) is 13.1 Å². The third-order valence-corrected chi connectivity index (χ3v) is 5.20. The van der Waals surface area contributed by atoms with Gasteiger partial charge in [-0.2, -0.15) is 0 Å². The molecule has 120 valence electrons. The van der Waals surface area contributed by atoms with E-state index in [0.717, 1.165) is 5.69 Å². The molecule has 7 nitrogen and oxygen atoms in total. The summed E-state index contributed by atoms with van der Waals surface area (Å²) in [4.78, 5) is 0.264. The van der Waals surface area contributed by atoms with Gasteiger partial charge in [0.25, 0.3) is 0 Å². The molecule has 2 N–H and O–H groups in total. The predicted octanol–water partition coefficient (Wildman–Crippen LogP) is -0.172. The van der Waals surface area contributed by atoms with Crippen LogP contribution in [-0.4, -0.2) is 52.5 Å². The van der Waals surface area contributed by atoms with Crippen molar-refractivity contribution < 1.29 is 17.9 Å². The molecule has 1 aliphatic rings. The van der Waals surface area contributed by atoms with Gasteiger partial charge >= 0.3 is 0 Å². The maximum Gasteiger partial charge on any atom is 0.242 e. The minimum absolute atomic E-state index is 0.210. The Hall–Kier alpha value is -0.930. The molecule has 1 aromatic heterocycles. The molecule has 0 bridgehead atoms. The summed E-state index contributed by atoms with van der Waals surface area (Å²) in [6, 6.07) is 1.67. The van der Waals surface area contributed by atoms with Gasteiger partial charge in [0.1, 0.15) is 5.60 Å². The van der Waals surface area contributed by atoms with E-state index < -0.39 is 15.6 Å². The van der Waals surface area contributed by atoms with Crippen LogP contribution >= 0.6 is 0 Å². The third kappa shape index (κ3) is 3.64. The van der Waals surface area contributed by atoms with E-state index in [1.165, 1.54) is 0 Å². The van der Waals surface area contributed by atoms with Crippen LogP contribution in [0.4, 0.5) is 0 Å². The first kappa shape index (κ1) is 16.4. The van der Waals surface area contributed by atoms with Gasteiger partial charge in [-0.05, 0) is 13.1 Å². The summed E-state index contributed by atoms with van der Waals surface area (Å²) >= 11 is 0. The molecule has 2 rings (SSSR count). The van der Waals surface area contributed by atoms with Crippen molar-refractivity contribution in [1.82, 2.24) is 14.6 Å². The van der Waals surface area contributed by atoms with E-state index in [1.54, 1.807) is 23.9 Å². The SMILES string of the molecule is CNCc1cc(S(=O)(=O)NCC2(OC)CCOC2)cn1C. The zero-order chi connectivity index (χ0) is 15.5. The fourth-order valence-electron chi connectivity index (χ4n) is 2.35. The van der Waals surface area contributed by atoms with Gasteiger partial charge in [0.2, 0.25) is 10.0 Å². The molecule has 0 aliphatic carbocycles. The molecule has 21 heavy (non-hydrogen) atoms. The zero-order valence-electron chi connectivity index (χ0n) is 12.7. The Labute approximate surface area is 125 Å². The standard InChI is InChI=1S/C13H23N3O4S/c1-14-7-11-6-12(8-16(11)2)21(17,18)15-9-13(19-3)4-5-20-10-13/h6,8,14-15H,4-5,7,9-10H2,1-3H3. The Morgan fingerprint density at radius 2 is 2.29 bits per heavy atom. The number of ether oxygens (including phenoxy) is 2. The van der Waals surface area contributed by atoms with Crippen LogP contribution in [0.15, 0.2) is 17.2 Å². The highest BCUT2D eigenvalue weighted by atomic mass is 32.2. The summed E-state index contributed by atoms with van der Waals surface area (Å²) in [6.07, 6.45) is 2.30. The number of sulfonamides is 1. The molecule has 1 aromatic rings. The fraction of sp³-hybridized carbons (Fsp3) is 0.692. The van der Waals surface area contributed by atoms with E-state index in [-0.39, 0.29) is 11.4 Å². The van der Waals surface area contributed by atoms with E-state index >= 15 is 0 Å². The number of hydrogen-bond donors (Lipinski definition) is 2. The average molecular weight is 317 g/mol. The van der Waals surface area contributed by atoms with Crippen molar-refractivity contribution >= 4 is 10.0 Å². The lowest BCUT2D eigenvalue weighted by Crippen LogP contribution is -2.44. The first-order valence-electron chi connectivity index (χ1n) is 6.85. The maximum absolute atomic E-state index is 12.4. The highest BCUT2D eigenvalue weighted by Crippen LogP contribution is 2.22. The van der Waals surface area contributed by atoms with Crippen molar-refractivity contribution in [3.63, 3.8) is 0 Å². The molecule has 0 saturated carbocycles. The number of rotatable bonds is 7. The third-order valence-electron chi connectivity index (χ3n) is 3.84. The monoisotopic (exact) mass is 317 g/mol. The number of nitrogens with zero attached hydrogens (tertiary/aromatic N) is 1. The minimum atomic E-state index is -3.55. The first-order valence-corrected chi connectivity index (χ1v) is 8.33. The van der Waals surface area contributed by atoms with Gasteiger partial charge in [0.15, 0.2) is 0 Å². The minimum Gasteiger partial charge on any atom is -0.378 e. The van der Waals surface area contributed by atoms with Gasteiger partial charge in [0, 0.05) is 52.2 Å².